The zero-order valence-corrected chi connectivity index (χ0v) is 18.0. The number of ether oxygens (including phenoxy) is 1. The molecule has 0 bridgehead atoms. The molecule has 1 aliphatic carbocycles. The van der Waals surface area contributed by atoms with Gasteiger partial charge in [-0.15, -0.1) is 0 Å². The van der Waals surface area contributed by atoms with Crippen molar-refractivity contribution in [2.45, 2.75) is 46.0 Å². The molecular weight excluding hydrogens is 429 g/mol. The molecule has 0 unspecified atom stereocenters. The fraction of sp³-hybridized carbons (Fsp3) is 0.308. The number of aryl methyl sites for hydroxylation is 2. The average molecular weight is 458 g/mol. The third kappa shape index (κ3) is 6.00. The van der Waals surface area contributed by atoms with Crippen molar-refractivity contribution in [3.05, 3.63) is 76.7 Å². The van der Waals surface area contributed by atoms with Crippen molar-refractivity contribution in [3.8, 4) is 17.2 Å². The first-order chi connectivity index (χ1) is 15.0. The van der Waals surface area contributed by atoms with Crippen LogP contribution in [0, 0.1) is 13.8 Å². The molecule has 1 aromatic heterocycles. The number of hydrogen-bond donors (Lipinski definition) is 1. The number of nitrogens with zero attached hydrogens (tertiary/aromatic N) is 1. The second kappa shape index (κ2) is 11.4. The second-order valence-corrected chi connectivity index (χ2v) is 7.93. The van der Waals surface area contributed by atoms with Crippen molar-refractivity contribution in [1.82, 2.24) is 4.98 Å². The van der Waals surface area contributed by atoms with Gasteiger partial charge in [-0.1, -0.05) is 35.9 Å². The molecule has 1 heterocycles. The van der Waals surface area contributed by atoms with Crippen molar-refractivity contribution in [2.24, 2.45) is 0 Å². The predicted molar refractivity (Wildman–Crippen MR) is 127 cm³/mol. The van der Waals surface area contributed by atoms with Crippen LogP contribution in [0.3, 0.4) is 0 Å². The Kier molecular flexibility index (Phi) is 8.91. The Labute approximate surface area is 231 Å². The van der Waals surface area contributed by atoms with Gasteiger partial charge in [0.25, 0.3) is 0 Å². The van der Waals surface area contributed by atoms with Crippen LogP contribution in [-0.4, -0.2) is 74.1 Å². The van der Waals surface area contributed by atoms with Gasteiger partial charge in [-0.2, -0.15) is 0 Å². The van der Waals surface area contributed by atoms with Gasteiger partial charge in [0.1, 0.15) is 11.5 Å². The Bertz CT molecular complexity index is 1120. The van der Waals surface area contributed by atoms with Crippen LogP contribution in [0.25, 0.3) is 17.0 Å². The van der Waals surface area contributed by atoms with Gasteiger partial charge in [0.15, 0.2) is 0 Å². The summed E-state index contributed by atoms with van der Waals surface area (Å²) in [6.45, 7) is 4.50. The molecule has 1 aliphatic rings. The van der Waals surface area contributed by atoms with Crippen LogP contribution < -0.4 is 4.74 Å². The van der Waals surface area contributed by atoms with Crippen molar-refractivity contribution in [2.75, 3.05) is 6.61 Å². The molecule has 0 aliphatic heterocycles. The minimum atomic E-state index is -0.770. The first-order valence-corrected chi connectivity index (χ1v) is 10.7. The van der Waals surface area contributed by atoms with E-state index in [2.05, 4.69) is 36.2 Å². The molecule has 0 radical (unpaired) electrons. The van der Waals surface area contributed by atoms with E-state index in [4.69, 9.17) is 14.3 Å². The zero-order chi connectivity index (χ0) is 21.8. The number of carbonyl (C=O) groups is 1. The number of rotatable bonds is 8. The van der Waals surface area contributed by atoms with Crippen LogP contribution in [-0.2, 0) is 17.6 Å². The van der Waals surface area contributed by atoms with Crippen molar-refractivity contribution in [1.29, 1.82) is 0 Å². The Balaban J connectivity index is 0.00000289. The molecule has 5 nitrogen and oxygen atoms in total. The van der Waals surface area contributed by atoms with E-state index in [1.807, 2.05) is 31.2 Å². The van der Waals surface area contributed by atoms with Crippen molar-refractivity contribution >= 4 is 62.9 Å². The molecule has 162 valence electrons. The molecule has 3 aromatic rings. The average Bonchev–Trinajstić information content (AvgIpc) is 3.13. The summed E-state index contributed by atoms with van der Waals surface area (Å²) in [7, 11) is 0. The van der Waals surface area contributed by atoms with E-state index in [1.54, 1.807) is 0 Å². The second-order valence-electron chi connectivity index (χ2n) is 7.93. The molecule has 0 fully saturated rings. The Morgan fingerprint density at radius 1 is 1.12 bits per heavy atom. The summed E-state index contributed by atoms with van der Waals surface area (Å²) in [5, 5.41) is 9.01. The number of hydrogen-bond acceptors (Lipinski definition) is 4. The molecule has 1 N–H and O–H groups in total. The number of aromatic nitrogens is 1. The molecule has 0 atom stereocenters. The summed E-state index contributed by atoms with van der Waals surface area (Å²) in [6.07, 6.45) is 5.32. The molecule has 6 heteroatoms. The normalized spacial score (nSPS) is 12.5. The van der Waals surface area contributed by atoms with Crippen LogP contribution in [0.1, 0.15) is 47.4 Å². The van der Waals surface area contributed by atoms with Gasteiger partial charge < -0.3 is 14.3 Å². The first-order valence-electron chi connectivity index (χ1n) is 10.7. The number of carboxylic acid groups (broad SMARTS) is 1. The SMILES string of the molecule is Cc1ccc(-c2nc(CCOc3cccc4c3CCC=C4CCC(=O)O)c(C)o2)cc1.[KH]. The number of oxazole rings is 1. The van der Waals surface area contributed by atoms with Crippen molar-refractivity contribution in [3.63, 3.8) is 0 Å². The Morgan fingerprint density at radius 2 is 1.91 bits per heavy atom. The van der Waals surface area contributed by atoms with Crippen LogP contribution in [0.15, 0.2) is 53.0 Å². The maximum absolute atomic E-state index is 11.0. The zero-order valence-electron chi connectivity index (χ0n) is 18.0. The van der Waals surface area contributed by atoms with E-state index >= 15 is 0 Å². The van der Waals surface area contributed by atoms with Gasteiger partial charge in [-0.25, -0.2) is 4.98 Å². The number of fused-ring (bicyclic) bond motifs is 1. The van der Waals surface area contributed by atoms with E-state index in [1.165, 1.54) is 11.1 Å². The maximum atomic E-state index is 11.0. The van der Waals surface area contributed by atoms with Gasteiger partial charge in [0.2, 0.25) is 5.89 Å². The molecule has 0 spiro atoms. The molecule has 0 saturated heterocycles. The number of aliphatic carboxylic acids is 1. The summed E-state index contributed by atoms with van der Waals surface area (Å²) in [6, 6.07) is 14.2. The summed E-state index contributed by atoms with van der Waals surface area (Å²) in [5.41, 5.74) is 6.46. The quantitative estimate of drug-likeness (QED) is 0.475. The van der Waals surface area contributed by atoms with E-state index in [0.29, 0.717) is 25.3 Å². The molecule has 4 rings (SSSR count). The van der Waals surface area contributed by atoms with E-state index < -0.39 is 5.97 Å². The summed E-state index contributed by atoms with van der Waals surface area (Å²) < 4.78 is 12.0. The van der Waals surface area contributed by atoms with Crippen LogP contribution in [0.2, 0.25) is 0 Å². The van der Waals surface area contributed by atoms with Crippen LogP contribution in [0.5, 0.6) is 5.75 Å². The third-order valence-corrected chi connectivity index (χ3v) is 5.66. The summed E-state index contributed by atoms with van der Waals surface area (Å²) in [5.74, 6) is 1.55. The minimum absolute atomic E-state index is 0. The topological polar surface area (TPSA) is 72.6 Å². The standard InChI is InChI=1S/C26H27NO4.K.H/c1-17-9-11-20(12-10-17)26-27-23(18(2)31-26)15-16-30-24-8-4-6-21-19(13-14-25(28)29)5-3-7-22(21)24;;/h4-6,8-12H,3,7,13-16H2,1-2H3,(H,28,29);;. The Hall–Kier alpha value is -1.70. The van der Waals surface area contributed by atoms with Crippen LogP contribution >= 0.6 is 0 Å². The van der Waals surface area contributed by atoms with Gasteiger partial charge in [-0.05, 0) is 62.4 Å². The fourth-order valence-corrected chi connectivity index (χ4v) is 3.98. The third-order valence-electron chi connectivity index (χ3n) is 5.66. The summed E-state index contributed by atoms with van der Waals surface area (Å²) in [4.78, 5) is 15.6. The molecule has 0 saturated carbocycles. The van der Waals surface area contributed by atoms with Crippen molar-refractivity contribution < 1.29 is 19.1 Å². The number of benzene rings is 2. The Morgan fingerprint density at radius 3 is 2.66 bits per heavy atom. The molecule has 0 amide bonds. The predicted octanol–water partition coefficient (Wildman–Crippen LogP) is 5.13. The first kappa shape index (κ1) is 24.9. The number of carboxylic acids is 1. The van der Waals surface area contributed by atoms with Gasteiger partial charge in [0, 0.05) is 24.0 Å². The fourth-order valence-electron chi connectivity index (χ4n) is 3.98. The molecule has 2 aromatic carbocycles. The van der Waals surface area contributed by atoms with Gasteiger partial charge in [0.05, 0.1) is 12.3 Å². The molecule has 32 heavy (non-hydrogen) atoms. The number of allylic oxidation sites excluding steroid dienone is 2. The summed E-state index contributed by atoms with van der Waals surface area (Å²) >= 11 is 0. The van der Waals surface area contributed by atoms with E-state index in [-0.39, 0.29) is 57.8 Å². The monoisotopic (exact) mass is 457 g/mol. The van der Waals surface area contributed by atoms with Gasteiger partial charge >= 0.3 is 57.4 Å². The molecular formula is C26H28KNO4. The van der Waals surface area contributed by atoms with Gasteiger partial charge in [-0.3, -0.25) is 4.79 Å². The van der Waals surface area contributed by atoms with Crippen LogP contribution in [0.4, 0.5) is 0 Å². The van der Waals surface area contributed by atoms with E-state index in [9.17, 15) is 4.79 Å². The van der Waals surface area contributed by atoms with E-state index in [0.717, 1.165) is 46.7 Å².